The van der Waals surface area contributed by atoms with E-state index in [1.165, 1.54) is 0 Å². The summed E-state index contributed by atoms with van der Waals surface area (Å²) in [6.07, 6.45) is 1.43. The third-order valence-electron chi connectivity index (χ3n) is 3.14. The van der Waals surface area contributed by atoms with E-state index < -0.39 is 30.6 Å². The smallest absolute Gasteiger partial charge is 0.246 e. The Hall–Kier alpha value is -1.03. The highest BCUT2D eigenvalue weighted by Gasteiger charge is 2.33. The summed E-state index contributed by atoms with van der Waals surface area (Å²) in [5.41, 5.74) is 5.64. The standard InChI is InChI=1S/C11H15FN2O4S2/c1-19(15,16)9-2-3-10(12)11(6-9)20(17,18)14-5-4-8(13)7-14/h2-3,6,8H,4-5,7,13H2,1H3/t8-/m0/s1. The summed E-state index contributed by atoms with van der Waals surface area (Å²) in [6.45, 7) is 0.302. The van der Waals surface area contributed by atoms with Gasteiger partial charge in [-0.3, -0.25) is 0 Å². The molecule has 0 bridgehead atoms. The van der Waals surface area contributed by atoms with Gasteiger partial charge in [0.25, 0.3) is 0 Å². The maximum atomic E-state index is 13.8. The number of sulfonamides is 1. The molecule has 1 fully saturated rings. The zero-order chi connectivity index (χ0) is 15.1. The van der Waals surface area contributed by atoms with Crippen molar-refractivity contribution in [1.82, 2.24) is 4.31 Å². The van der Waals surface area contributed by atoms with E-state index in [2.05, 4.69) is 0 Å². The molecule has 0 spiro atoms. The highest BCUT2D eigenvalue weighted by Crippen LogP contribution is 2.25. The molecule has 1 atom stereocenters. The highest BCUT2D eigenvalue weighted by atomic mass is 32.2. The van der Waals surface area contributed by atoms with Crippen LogP contribution >= 0.6 is 0 Å². The van der Waals surface area contributed by atoms with Gasteiger partial charge in [0.15, 0.2) is 9.84 Å². The maximum Gasteiger partial charge on any atom is 0.246 e. The Bertz CT molecular complexity index is 731. The summed E-state index contributed by atoms with van der Waals surface area (Å²) in [7, 11) is -7.68. The fourth-order valence-corrected chi connectivity index (χ4v) is 4.35. The largest absolute Gasteiger partial charge is 0.326 e. The molecule has 0 saturated carbocycles. The van der Waals surface area contributed by atoms with E-state index in [1.54, 1.807) is 0 Å². The Morgan fingerprint density at radius 1 is 1.30 bits per heavy atom. The average molecular weight is 322 g/mol. The summed E-state index contributed by atoms with van der Waals surface area (Å²) < 4.78 is 62.4. The molecule has 20 heavy (non-hydrogen) atoms. The SMILES string of the molecule is CS(=O)(=O)c1ccc(F)c(S(=O)(=O)N2CC[C@H](N)C2)c1. The molecule has 2 rings (SSSR count). The zero-order valence-electron chi connectivity index (χ0n) is 10.8. The van der Waals surface area contributed by atoms with Crippen molar-refractivity contribution in [2.24, 2.45) is 5.73 Å². The first kappa shape index (κ1) is 15.4. The molecule has 2 N–H and O–H groups in total. The number of nitrogens with two attached hydrogens (primary N) is 1. The van der Waals surface area contributed by atoms with Crippen molar-refractivity contribution in [3.05, 3.63) is 24.0 Å². The lowest BCUT2D eigenvalue weighted by molar-refractivity contribution is 0.465. The second kappa shape index (κ2) is 5.06. The highest BCUT2D eigenvalue weighted by molar-refractivity contribution is 7.91. The summed E-state index contributed by atoms with van der Waals surface area (Å²) in [5, 5.41) is 0. The Morgan fingerprint density at radius 3 is 2.45 bits per heavy atom. The van der Waals surface area contributed by atoms with Gasteiger partial charge in [0.1, 0.15) is 10.7 Å². The van der Waals surface area contributed by atoms with Gasteiger partial charge in [0.05, 0.1) is 4.90 Å². The molecule has 112 valence electrons. The van der Waals surface area contributed by atoms with Crippen LogP contribution in [0.3, 0.4) is 0 Å². The first-order valence-corrected chi connectivity index (χ1v) is 9.21. The van der Waals surface area contributed by atoms with E-state index in [-0.39, 0.29) is 24.0 Å². The minimum absolute atomic E-state index is 0.102. The predicted molar refractivity (Wildman–Crippen MR) is 70.9 cm³/mol. The van der Waals surface area contributed by atoms with E-state index in [9.17, 15) is 21.2 Å². The van der Waals surface area contributed by atoms with Crippen LogP contribution in [0.5, 0.6) is 0 Å². The first-order chi connectivity index (χ1) is 9.12. The number of hydrogen-bond acceptors (Lipinski definition) is 5. The molecule has 1 heterocycles. The normalized spacial score (nSPS) is 21.2. The fourth-order valence-electron chi connectivity index (χ4n) is 2.02. The molecule has 0 radical (unpaired) electrons. The van der Waals surface area contributed by atoms with E-state index in [0.717, 1.165) is 28.8 Å². The molecular weight excluding hydrogens is 307 g/mol. The van der Waals surface area contributed by atoms with Crippen molar-refractivity contribution in [3.8, 4) is 0 Å². The van der Waals surface area contributed by atoms with Gasteiger partial charge in [0, 0.05) is 25.4 Å². The minimum Gasteiger partial charge on any atom is -0.326 e. The molecule has 0 unspecified atom stereocenters. The van der Waals surface area contributed by atoms with Gasteiger partial charge in [0.2, 0.25) is 10.0 Å². The van der Waals surface area contributed by atoms with E-state index in [4.69, 9.17) is 5.73 Å². The van der Waals surface area contributed by atoms with Gasteiger partial charge < -0.3 is 5.73 Å². The zero-order valence-corrected chi connectivity index (χ0v) is 12.4. The molecular formula is C11H15FN2O4S2. The topological polar surface area (TPSA) is 97.5 Å². The Labute approximate surface area is 117 Å². The van der Waals surface area contributed by atoms with Crippen molar-refractivity contribution in [2.75, 3.05) is 19.3 Å². The van der Waals surface area contributed by atoms with E-state index >= 15 is 0 Å². The van der Waals surface area contributed by atoms with Gasteiger partial charge in [-0.15, -0.1) is 0 Å². The molecule has 1 aromatic rings. The third-order valence-corrected chi connectivity index (χ3v) is 6.13. The number of hydrogen-bond donors (Lipinski definition) is 1. The van der Waals surface area contributed by atoms with Crippen LogP contribution < -0.4 is 5.73 Å². The summed E-state index contributed by atoms with van der Waals surface area (Å²) in [6, 6.07) is 2.45. The molecule has 0 aliphatic carbocycles. The van der Waals surface area contributed by atoms with Crippen LogP contribution in [0.4, 0.5) is 4.39 Å². The number of halogens is 1. The van der Waals surface area contributed by atoms with Gasteiger partial charge in [-0.1, -0.05) is 0 Å². The molecule has 0 amide bonds. The van der Waals surface area contributed by atoms with Crippen molar-refractivity contribution in [3.63, 3.8) is 0 Å². The number of rotatable bonds is 3. The van der Waals surface area contributed by atoms with Gasteiger partial charge in [-0.2, -0.15) is 4.31 Å². The first-order valence-electron chi connectivity index (χ1n) is 5.88. The molecule has 1 aliphatic heterocycles. The molecule has 0 aromatic heterocycles. The molecule has 1 aromatic carbocycles. The van der Waals surface area contributed by atoms with Crippen molar-refractivity contribution in [1.29, 1.82) is 0 Å². The fraction of sp³-hybridized carbons (Fsp3) is 0.455. The third kappa shape index (κ3) is 2.85. The second-order valence-corrected chi connectivity index (χ2v) is 8.70. The van der Waals surface area contributed by atoms with E-state index in [1.807, 2.05) is 0 Å². The predicted octanol–water partition coefficient (Wildman–Crippen LogP) is -0.0491. The molecule has 9 heteroatoms. The van der Waals surface area contributed by atoms with E-state index in [0.29, 0.717) is 6.42 Å². The summed E-state index contributed by atoms with van der Waals surface area (Å²) in [4.78, 5) is -0.865. The molecule has 1 aliphatic rings. The van der Waals surface area contributed by atoms with Crippen LogP contribution in [-0.4, -0.2) is 46.5 Å². The number of benzene rings is 1. The monoisotopic (exact) mass is 322 g/mol. The van der Waals surface area contributed by atoms with Crippen LogP contribution in [0, 0.1) is 5.82 Å². The minimum atomic E-state index is -4.07. The van der Waals surface area contributed by atoms with Crippen LogP contribution in [-0.2, 0) is 19.9 Å². The molecule has 6 nitrogen and oxygen atoms in total. The van der Waals surface area contributed by atoms with Gasteiger partial charge in [-0.05, 0) is 24.6 Å². The lowest BCUT2D eigenvalue weighted by Crippen LogP contribution is -2.32. The Morgan fingerprint density at radius 2 is 1.95 bits per heavy atom. The Balaban J connectivity index is 2.52. The van der Waals surface area contributed by atoms with Crippen molar-refractivity contribution < 1.29 is 21.2 Å². The summed E-state index contributed by atoms with van der Waals surface area (Å²) >= 11 is 0. The molecule has 1 saturated heterocycles. The van der Waals surface area contributed by atoms with Crippen LogP contribution in [0.25, 0.3) is 0 Å². The van der Waals surface area contributed by atoms with Crippen molar-refractivity contribution >= 4 is 19.9 Å². The quantitative estimate of drug-likeness (QED) is 0.787. The average Bonchev–Trinajstić information content (AvgIpc) is 2.75. The van der Waals surface area contributed by atoms with Gasteiger partial charge in [-0.25, -0.2) is 21.2 Å². The van der Waals surface area contributed by atoms with Gasteiger partial charge >= 0.3 is 0 Å². The van der Waals surface area contributed by atoms with Crippen LogP contribution in [0.15, 0.2) is 28.0 Å². The maximum absolute atomic E-state index is 13.8. The lowest BCUT2D eigenvalue weighted by atomic mass is 10.3. The van der Waals surface area contributed by atoms with Crippen molar-refractivity contribution in [2.45, 2.75) is 22.3 Å². The van der Waals surface area contributed by atoms with Crippen LogP contribution in [0.1, 0.15) is 6.42 Å². The number of sulfone groups is 1. The second-order valence-electron chi connectivity index (χ2n) is 4.78. The van der Waals surface area contributed by atoms with Crippen LogP contribution in [0.2, 0.25) is 0 Å². The Kier molecular flexibility index (Phi) is 3.89. The summed E-state index contributed by atoms with van der Waals surface area (Å²) in [5.74, 6) is -0.974. The lowest BCUT2D eigenvalue weighted by Gasteiger charge is -2.16. The number of nitrogens with zero attached hydrogens (tertiary/aromatic N) is 1.